The Bertz CT molecular complexity index is 390. The Morgan fingerprint density at radius 2 is 1.83 bits per heavy atom. The number of methoxy groups -OCH3 is 1. The smallest absolute Gasteiger partial charge is 0.222 e. The lowest BCUT2D eigenvalue weighted by atomic mass is 10.2. The summed E-state index contributed by atoms with van der Waals surface area (Å²) >= 11 is 0. The molecule has 0 spiro atoms. The summed E-state index contributed by atoms with van der Waals surface area (Å²) in [5.74, 6) is 1.40. The summed E-state index contributed by atoms with van der Waals surface area (Å²) in [6.45, 7) is 6.12. The quantitative estimate of drug-likeness (QED) is 0.843. The number of hydrogen-bond donors (Lipinski definition) is 1. The molecular weight excluding hydrogens is 230 g/mol. The van der Waals surface area contributed by atoms with Crippen molar-refractivity contribution in [3.05, 3.63) is 24.3 Å². The highest BCUT2D eigenvalue weighted by molar-refractivity contribution is 5.77. The van der Waals surface area contributed by atoms with Gasteiger partial charge in [0.15, 0.2) is 11.5 Å². The minimum atomic E-state index is -0.107. The van der Waals surface area contributed by atoms with Crippen LogP contribution < -0.4 is 14.8 Å². The van der Waals surface area contributed by atoms with E-state index in [1.165, 1.54) is 0 Å². The van der Waals surface area contributed by atoms with Gasteiger partial charge in [0.2, 0.25) is 5.91 Å². The van der Waals surface area contributed by atoms with Crippen LogP contribution in [0.15, 0.2) is 24.3 Å². The van der Waals surface area contributed by atoms with Crippen LogP contribution in [-0.2, 0) is 4.79 Å². The summed E-state index contributed by atoms with van der Waals surface area (Å²) in [5.41, 5.74) is 0. The topological polar surface area (TPSA) is 47.6 Å². The molecule has 1 atom stereocenters. The lowest BCUT2D eigenvalue weighted by molar-refractivity contribution is -0.124. The lowest BCUT2D eigenvalue weighted by Gasteiger charge is -2.17. The van der Waals surface area contributed by atoms with Crippen molar-refractivity contribution >= 4 is 5.91 Å². The van der Waals surface area contributed by atoms with Crippen LogP contribution in [-0.4, -0.2) is 25.7 Å². The summed E-state index contributed by atoms with van der Waals surface area (Å²) in [6, 6.07) is 7.46. The maximum Gasteiger partial charge on any atom is 0.222 e. The number of hydrogen-bond acceptors (Lipinski definition) is 3. The minimum absolute atomic E-state index is 0.0107. The van der Waals surface area contributed by atoms with Crippen LogP contribution in [0, 0.1) is 5.92 Å². The van der Waals surface area contributed by atoms with Gasteiger partial charge in [-0.05, 0) is 19.1 Å². The predicted octanol–water partition coefficient (Wildman–Crippen LogP) is 2.23. The molecule has 4 heteroatoms. The minimum Gasteiger partial charge on any atom is -0.493 e. The summed E-state index contributed by atoms with van der Waals surface area (Å²) in [4.78, 5) is 11.4. The van der Waals surface area contributed by atoms with E-state index < -0.39 is 0 Å². The SMILES string of the molecule is COc1ccccc1OC(C)CNC(=O)C(C)C. The van der Waals surface area contributed by atoms with Crippen LogP contribution in [0.3, 0.4) is 0 Å². The molecule has 1 rings (SSSR count). The molecule has 100 valence electrons. The van der Waals surface area contributed by atoms with Crippen LogP contribution in [0.1, 0.15) is 20.8 Å². The van der Waals surface area contributed by atoms with Crippen LogP contribution >= 0.6 is 0 Å². The second kappa shape index (κ2) is 6.89. The largest absolute Gasteiger partial charge is 0.493 e. The van der Waals surface area contributed by atoms with E-state index in [1.54, 1.807) is 7.11 Å². The lowest BCUT2D eigenvalue weighted by Crippen LogP contribution is -2.35. The molecule has 0 fully saturated rings. The van der Waals surface area contributed by atoms with Crippen molar-refractivity contribution in [3.8, 4) is 11.5 Å². The summed E-state index contributed by atoms with van der Waals surface area (Å²) in [6.07, 6.45) is -0.107. The van der Waals surface area contributed by atoms with Gasteiger partial charge < -0.3 is 14.8 Å². The normalized spacial score (nSPS) is 12.1. The number of rotatable bonds is 6. The average molecular weight is 251 g/mol. The highest BCUT2D eigenvalue weighted by Gasteiger charge is 2.11. The predicted molar refractivity (Wildman–Crippen MR) is 70.9 cm³/mol. The van der Waals surface area contributed by atoms with Gasteiger partial charge in [0.1, 0.15) is 6.10 Å². The van der Waals surface area contributed by atoms with Gasteiger partial charge in [-0.1, -0.05) is 26.0 Å². The molecule has 0 aromatic heterocycles. The van der Waals surface area contributed by atoms with Crippen molar-refractivity contribution < 1.29 is 14.3 Å². The molecule has 4 nitrogen and oxygen atoms in total. The Kier molecular flexibility index (Phi) is 5.49. The summed E-state index contributed by atoms with van der Waals surface area (Å²) < 4.78 is 10.9. The molecule has 1 aromatic rings. The highest BCUT2D eigenvalue weighted by atomic mass is 16.5. The molecule has 1 N–H and O–H groups in total. The Labute approximate surface area is 108 Å². The zero-order valence-corrected chi connectivity index (χ0v) is 11.4. The first kappa shape index (κ1) is 14.4. The number of para-hydroxylation sites is 2. The van der Waals surface area contributed by atoms with E-state index in [-0.39, 0.29) is 17.9 Å². The first-order valence-electron chi connectivity index (χ1n) is 6.12. The fourth-order valence-corrected chi connectivity index (χ4v) is 1.42. The Morgan fingerprint density at radius 1 is 1.22 bits per heavy atom. The molecule has 0 aliphatic heterocycles. The average Bonchev–Trinajstić information content (AvgIpc) is 2.36. The van der Waals surface area contributed by atoms with Gasteiger partial charge in [0.05, 0.1) is 13.7 Å². The van der Waals surface area contributed by atoms with Gasteiger partial charge in [0, 0.05) is 5.92 Å². The second-order valence-electron chi connectivity index (χ2n) is 4.48. The molecule has 18 heavy (non-hydrogen) atoms. The second-order valence-corrected chi connectivity index (χ2v) is 4.48. The van der Waals surface area contributed by atoms with Gasteiger partial charge in [-0.15, -0.1) is 0 Å². The number of nitrogens with one attached hydrogen (secondary N) is 1. The van der Waals surface area contributed by atoms with Crippen molar-refractivity contribution in [2.45, 2.75) is 26.9 Å². The highest BCUT2D eigenvalue weighted by Crippen LogP contribution is 2.26. The zero-order chi connectivity index (χ0) is 13.5. The fourth-order valence-electron chi connectivity index (χ4n) is 1.42. The molecular formula is C14H21NO3. The number of amides is 1. The van der Waals surface area contributed by atoms with Crippen LogP contribution in [0.4, 0.5) is 0 Å². The number of benzene rings is 1. The van der Waals surface area contributed by atoms with Crippen LogP contribution in [0.5, 0.6) is 11.5 Å². The van der Waals surface area contributed by atoms with Gasteiger partial charge >= 0.3 is 0 Å². The Balaban J connectivity index is 2.49. The number of carbonyl (C=O) groups excluding carboxylic acids is 1. The van der Waals surface area contributed by atoms with Gasteiger partial charge in [0.25, 0.3) is 0 Å². The number of ether oxygens (including phenoxy) is 2. The van der Waals surface area contributed by atoms with Crippen molar-refractivity contribution in [3.63, 3.8) is 0 Å². The molecule has 0 heterocycles. The molecule has 1 unspecified atom stereocenters. The molecule has 1 amide bonds. The third-order valence-electron chi connectivity index (χ3n) is 2.49. The standard InChI is InChI=1S/C14H21NO3/c1-10(2)14(16)15-9-11(3)18-13-8-6-5-7-12(13)17-4/h5-8,10-11H,9H2,1-4H3,(H,15,16). The number of carbonyl (C=O) groups is 1. The van der Waals surface area contributed by atoms with Gasteiger partial charge in [-0.2, -0.15) is 0 Å². The Hall–Kier alpha value is -1.71. The molecule has 0 aliphatic carbocycles. The van der Waals surface area contributed by atoms with Crippen LogP contribution in [0.2, 0.25) is 0 Å². The van der Waals surface area contributed by atoms with E-state index in [0.717, 1.165) is 0 Å². The maximum atomic E-state index is 11.4. The monoisotopic (exact) mass is 251 g/mol. The van der Waals surface area contributed by atoms with E-state index in [4.69, 9.17) is 9.47 Å². The summed E-state index contributed by atoms with van der Waals surface area (Å²) in [5, 5.41) is 2.83. The van der Waals surface area contributed by atoms with Gasteiger partial charge in [-0.3, -0.25) is 4.79 Å². The molecule has 0 bridgehead atoms. The fraction of sp³-hybridized carbons (Fsp3) is 0.500. The zero-order valence-electron chi connectivity index (χ0n) is 11.4. The molecule has 0 radical (unpaired) electrons. The molecule has 1 aromatic carbocycles. The van der Waals surface area contributed by atoms with E-state index in [9.17, 15) is 4.79 Å². The van der Waals surface area contributed by atoms with Crippen molar-refractivity contribution in [2.75, 3.05) is 13.7 Å². The van der Waals surface area contributed by atoms with E-state index >= 15 is 0 Å². The summed E-state index contributed by atoms with van der Waals surface area (Å²) in [7, 11) is 1.60. The van der Waals surface area contributed by atoms with Crippen LogP contribution in [0.25, 0.3) is 0 Å². The first-order valence-corrected chi connectivity index (χ1v) is 6.12. The van der Waals surface area contributed by atoms with Gasteiger partial charge in [-0.25, -0.2) is 0 Å². The van der Waals surface area contributed by atoms with E-state index in [1.807, 2.05) is 45.0 Å². The third kappa shape index (κ3) is 4.28. The molecule has 0 aliphatic rings. The van der Waals surface area contributed by atoms with Crippen molar-refractivity contribution in [2.24, 2.45) is 5.92 Å². The van der Waals surface area contributed by atoms with E-state index in [0.29, 0.717) is 18.0 Å². The maximum absolute atomic E-state index is 11.4. The molecule has 0 saturated carbocycles. The third-order valence-corrected chi connectivity index (χ3v) is 2.49. The van der Waals surface area contributed by atoms with Crippen molar-refractivity contribution in [1.82, 2.24) is 5.32 Å². The van der Waals surface area contributed by atoms with Crippen molar-refractivity contribution in [1.29, 1.82) is 0 Å². The van der Waals surface area contributed by atoms with E-state index in [2.05, 4.69) is 5.32 Å². The Morgan fingerprint density at radius 3 is 2.39 bits per heavy atom. The first-order chi connectivity index (χ1) is 8.54. The molecule has 0 saturated heterocycles.